The Labute approximate surface area is 186 Å². The molecule has 0 bridgehead atoms. The van der Waals surface area contributed by atoms with Crippen LogP contribution in [0.5, 0.6) is 11.5 Å². The quantitative estimate of drug-likeness (QED) is 0.802. The molecule has 3 aliphatic rings. The van der Waals surface area contributed by atoms with Crippen molar-refractivity contribution < 1.29 is 14.3 Å². The fourth-order valence-corrected chi connectivity index (χ4v) is 4.85. The number of anilines is 1. The van der Waals surface area contributed by atoms with Crippen molar-refractivity contribution in [3.05, 3.63) is 76.3 Å². The van der Waals surface area contributed by atoms with Crippen LogP contribution in [0, 0.1) is 11.3 Å². The maximum absolute atomic E-state index is 13.3. The van der Waals surface area contributed by atoms with Crippen LogP contribution in [-0.4, -0.2) is 25.8 Å². The highest BCUT2D eigenvalue weighted by atomic mass is 16.5. The fourth-order valence-electron chi connectivity index (χ4n) is 4.85. The van der Waals surface area contributed by atoms with E-state index in [2.05, 4.69) is 11.1 Å². The Kier molecular flexibility index (Phi) is 4.71. The van der Waals surface area contributed by atoms with Crippen molar-refractivity contribution in [3.63, 3.8) is 0 Å². The number of carbonyl (C=O) groups excluding carboxylic acids is 1. The molecule has 7 heteroatoms. The molecule has 0 amide bonds. The van der Waals surface area contributed by atoms with E-state index in [9.17, 15) is 10.1 Å². The maximum atomic E-state index is 13.3. The van der Waals surface area contributed by atoms with Gasteiger partial charge in [0.15, 0.2) is 11.6 Å². The zero-order valence-electron chi connectivity index (χ0n) is 17.9. The molecule has 0 saturated carbocycles. The van der Waals surface area contributed by atoms with Crippen LogP contribution in [0.1, 0.15) is 36.3 Å². The van der Waals surface area contributed by atoms with E-state index < -0.39 is 5.92 Å². The van der Waals surface area contributed by atoms with Gasteiger partial charge in [-0.15, -0.1) is 0 Å². The number of ether oxygens (including phenoxy) is 2. The summed E-state index contributed by atoms with van der Waals surface area (Å²) < 4.78 is 11.1. The molecule has 0 spiro atoms. The van der Waals surface area contributed by atoms with E-state index in [-0.39, 0.29) is 5.78 Å². The van der Waals surface area contributed by atoms with Crippen molar-refractivity contribution in [2.45, 2.75) is 25.2 Å². The van der Waals surface area contributed by atoms with Gasteiger partial charge in [0.2, 0.25) is 0 Å². The van der Waals surface area contributed by atoms with Crippen LogP contribution < -0.4 is 20.1 Å². The molecule has 1 unspecified atom stereocenters. The van der Waals surface area contributed by atoms with Crippen molar-refractivity contribution in [3.8, 4) is 17.6 Å². The third kappa shape index (κ3) is 2.80. The van der Waals surface area contributed by atoms with Crippen molar-refractivity contribution in [2.75, 3.05) is 19.1 Å². The number of hydrogen-bond donors (Lipinski definition) is 1. The first-order valence-corrected chi connectivity index (χ1v) is 10.4. The molecule has 5 rings (SSSR count). The standard InChI is InChI=1S/C25H22N4O3/c1-31-14-10-11-21(32-2)16(12-14)22-17(13-26)25-28-24(27)15-6-3-4-7-18(15)29(25)19-8-5-9-20(30)23(19)22/h3-4,6-7,10-12,22H,5,8-9H2,1-2H3,(H2,27,28). The molecule has 2 aromatic rings. The van der Waals surface area contributed by atoms with Crippen LogP contribution in [0.3, 0.4) is 0 Å². The first-order valence-electron chi connectivity index (χ1n) is 10.4. The van der Waals surface area contributed by atoms with Gasteiger partial charge < -0.3 is 15.2 Å². The van der Waals surface area contributed by atoms with Crippen LogP contribution in [0.4, 0.5) is 5.69 Å². The number of nitriles is 1. The van der Waals surface area contributed by atoms with Gasteiger partial charge in [0.1, 0.15) is 17.3 Å². The van der Waals surface area contributed by atoms with E-state index >= 15 is 0 Å². The predicted octanol–water partition coefficient (Wildman–Crippen LogP) is 3.77. The lowest BCUT2D eigenvalue weighted by atomic mass is 9.75. The van der Waals surface area contributed by atoms with Gasteiger partial charge in [0.25, 0.3) is 0 Å². The lowest BCUT2D eigenvalue weighted by molar-refractivity contribution is -0.116. The Balaban J connectivity index is 1.85. The topological polar surface area (TPSA) is 101 Å². The van der Waals surface area contributed by atoms with Gasteiger partial charge in [-0.2, -0.15) is 5.26 Å². The zero-order chi connectivity index (χ0) is 22.4. The van der Waals surface area contributed by atoms with Gasteiger partial charge in [-0.3, -0.25) is 9.69 Å². The van der Waals surface area contributed by atoms with Crippen LogP contribution >= 0.6 is 0 Å². The minimum Gasteiger partial charge on any atom is -0.497 e. The Morgan fingerprint density at radius 1 is 1.16 bits per heavy atom. The van der Waals surface area contributed by atoms with E-state index in [1.165, 1.54) is 0 Å². The van der Waals surface area contributed by atoms with E-state index in [1.807, 2.05) is 35.2 Å². The number of Topliss-reactive ketones (excluding diaryl/α,β-unsaturated/α-hetero) is 1. The van der Waals surface area contributed by atoms with Crippen LogP contribution in [0.15, 0.2) is 70.1 Å². The van der Waals surface area contributed by atoms with Crippen LogP contribution in [-0.2, 0) is 4.79 Å². The Bertz CT molecular complexity index is 1280. The fraction of sp³-hybridized carbons (Fsp3) is 0.240. The second-order valence-corrected chi connectivity index (χ2v) is 7.88. The minimum atomic E-state index is -0.610. The second kappa shape index (κ2) is 7.57. The Morgan fingerprint density at radius 2 is 1.97 bits per heavy atom. The number of carbonyl (C=O) groups is 1. The molecule has 1 atom stereocenters. The van der Waals surface area contributed by atoms with E-state index in [4.69, 9.17) is 15.2 Å². The smallest absolute Gasteiger partial charge is 0.161 e. The molecule has 0 fully saturated rings. The van der Waals surface area contributed by atoms with Gasteiger partial charge in [0, 0.05) is 28.8 Å². The highest BCUT2D eigenvalue weighted by Crippen LogP contribution is 2.51. The highest BCUT2D eigenvalue weighted by molar-refractivity contribution is 6.08. The van der Waals surface area contributed by atoms with Gasteiger partial charge >= 0.3 is 0 Å². The molecular weight excluding hydrogens is 404 g/mol. The molecule has 2 heterocycles. The summed E-state index contributed by atoms with van der Waals surface area (Å²) in [5.74, 6) is 1.44. The largest absolute Gasteiger partial charge is 0.497 e. The summed E-state index contributed by atoms with van der Waals surface area (Å²) in [4.78, 5) is 19.9. The number of nitrogens with two attached hydrogens (primary N) is 1. The number of allylic oxidation sites excluding steroid dienone is 3. The summed E-state index contributed by atoms with van der Waals surface area (Å²) in [6.45, 7) is 0. The molecule has 2 aromatic carbocycles. The Morgan fingerprint density at radius 3 is 2.72 bits per heavy atom. The summed E-state index contributed by atoms with van der Waals surface area (Å²) in [5, 5.41) is 10.3. The van der Waals surface area contributed by atoms with Gasteiger partial charge in [-0.05, 0) is 43.2 Å². The van der Waals surface area contributed by atoms with Gasteiger partial charge in [-0.1, -0.05) is 12.1 Å². The number of aliphatic imine (C=N–C) groups is 1. The molecule has 160 valence electrons. The van der Waals surface area contributed by atoms with Crippen LogP contribution in [0.2, 0.25) is 0 Å². The second-order valence-electron chi connectivity index (χ2n) is 7.88. The summed E-state index contributed by atoms with van der Waals surface area (Å²) in [6, 6.07) is 15.4. The third-order valence-electron chi connectivity index (χ3n) is 6.24. The normalized spacial score (nSPS) is 19.5. The molecule has 2 aliphatic heterocycles. The zero-order valence-corrected chi connectivity index (χ0v) is 17.9. The van der Waals surface area contributed by atoms with E-state index in [1.54, 1.807) is 26.4 Å². The summed E-state index contributed by atoms with van der Waals surface area (Å²) in [6.07, 6.45) is 1.89. The third-order valence-corrected chi connectivity index (χ3v) is 6.24. The molecule has 0 aromatic heterocycles. The average molecular weight is 426 g/mol. The number of nitrogens with zero attached hydrogens (tertiary/aromatic N) is 3. The number of para-hydroxylation sites is 1. The lowest BCUT2D eigenvalue weighted by Gasteiger charge is -2.42. The van der Waals surface area contributed by atoms with Crippen molar-refractivity contribution in [2.24, 2.45) is 10.7 Å². The van der Waals surface area contributed by atoms with E-state index in [0.29, 0.717) is 52.7 Å². The molecule has 0 radical (unpaired) electrons. The molecule has 32 heavy (non-hydrogen) atoms. The average Bonchev–Trinajstić information content (AvgIpc) is 2.83. The van der Waals surface area contributed by atoms with E-state index in [0.717, 1.165) is 23.4 Å². The predicted molar refractivity (Wildman–Crippen MR) is 120 cm³/mol. The monoisotopic (exact) mass is 426 g/mol. The molecule has 7 nitrogen and oxygen atoms in total. The Hall–Kier alpha value is -4.05. The summed E-state index contributed by atoms with van der Waals surface area (Å²) in [5.41, 5.74) is 10.5. The number of fused-ring (bicyclic) bond motifs is 4. The van der Waals surface area contributed by atoms with Crippen molar-refractivity contribution in [1.82, 2.24) is 0 Å². The number of rotatable bonds is 3. The molecular formula is C25H22N4O3. The number of benzene rings is 2. The summed E-state index contributed by atoms with van der Waals surface area (Å²) >= 11 is 0. The molecule has 0 saturated heterocycles. The number of methoxy groups -OCH3 is 2. The molecule has 2 N–H and O–H groups in total. The molecule has 1 aliphatic carbocycles. The SMILES string of the molecule is COc1ccc(OC)c(C2C(C#N)=C3N=C(N)c4ccccc4N3C3=C2C(=O)CCC3)c1. The first kappa shape index (κ1) is 19.9. The maximum Gasteiger partial charge on any atom is 0.161 e. The minimum absolute atomic E-state index is 0.0351. The lowest BCUT2D eigenvalue weighted by Crippen LogP contribution is -2.39. The first-order chi connectivity index (χ1) is 15.6. The summed E-state index contributed by atoms with van der Waals surface area (Å²) in [7, 11) is 3.15. The number of amidine groups is 1. The van der Waals surface area contributed by atoms with Crippen molar-refractivity contribution >= 4 is 17.3 Å². The van der Waals surface area contributed by atoms with Crippen molar-refractivity contribution in [1.29, 1.82) is 5.26 Å². The highest BCUT2D eigenvalue weighted by Gasteiger charge is 2.43. The van der Waals surface area contributed by atoms with Gasteiger partial charge in [0.05, 0.1) is 37.5 Å². The van der Waals surface area contributed by atoms with Gasteiger partial charge in [-0.25, -0.2) is 4.99 Å². The number of hydrogen-bond acceptors (Lipinski definition) is 7. The number of ketones is 1. The van der Waals surface area contributed by atoms with Crippen LogP contribution in [0.25, 0.3) is 0 Å².